The Morgan fingerprint density at radius 2 is 2.00 bits per heavy atom. The normalized spacial score (nSPS) is 13.3. The Labute approximate surface area is 158 Å². The van der Waals surface area contributed by atoms with Crippen molar-refractivity contribution >= 4 is 11.6 Å². The minimum atomic E-state index is -0.0824. The number of para-hydroxylation sites is 1. The zero-order valence-electron chi connectivity index (χ0n) is 15.2. The molecule has 0 saturated heterocycles. The summed E-state index contributed by atoms with van der Waals surface area (Å²) in [7, 11) is 0. The van der Waals surface area contributed by atoms with Gasteiger partial charge in [0, 0.05) is 30.9 Å². The van der Waals surface area contributed by atoms with Crippen LogP contribution in [0.25, 0.3) is 11.4 Å². The van der Waals surface area contributed by atoms with Crippen LogP contribution in [0.3, 0.4) is 0 Å². The van der Waals surface area contributed by atoms with Crippen molar-refractivity contribution in [3.05, 3.63) is 66.0 Å². The second-order valence-corrected chi connectivity index (χ2v) is 6.71. The molecule has 0 fully saturated rings. The summed E-state index contributed by atoms with van der Waals surface area (Å²) < 4.78 is 0. The zero-order valence-corrected chi connectivity index (χ0v) is 15.2. The molecule has 0 unspecified atom stereocenters. The Bertz CT molecular complexity index is 906. The number of hydrogen-bond acceptors (Lipinski definition) is 4. The van der Waals surface area contributed by atoms with Crippen molar-refractivity contribution in [1.82, 2.24) is 20.5 Å². The van der Waals surface area contributed by atoms with Crippen LogP contribution in [0.1, 0.15) is 28.8 Å². The molecule has 2 heterocycles. The van der Waals surface area contributed by atoms with Crippen molar-refractivity contribution in [3.63, 3.8) is 0 Å². The van der Waals surface area contributed by atoms with Crippen LogP contribution in [-0.2, 0) is 6.42 Å². The molecule has 6 heteroatoms. The fraction of sp³-hybridized carbons (Fsp3) is 0.286. The highest BCUT2D eigenvalue weighted by molar-refractivity contribution is 6.00. The number of anilines is 1. The maximum atomic E-state index is 12.6. The molecule has 6 nitrogen and oxygen atoms in total. The molecule has 2 N–H and O–H groups in total. The van der Waals surface area contributed by atoms with Crippen LogP contribution >= 0.6 is 0 Å². The number of nitrogens with zero attached hydrogens (tertiary/aromatic N) is 3. The van der Waals surface area contributed by atoms with Gasteiger partial charge in [0.25, 0.3) is 5.91 Å². The summed E-state index contributed by atoms with van der Waals surface area (Å²) >= 11 is 0. The summed E-state index contributed by atoms with van der Waals surface area (Å²) in [5, 5.41) is 9.73. The number of fused-ring (bicyclic) bond motifs is 1. The van der Waals surface area contributed by atoms with Gasteiger partial charge < -0.3 is 10.2 Å². The molecule has 0 radical (unpaired) electrons. The van der Waals surface area contributed by atoms with Gasteiger partial charge in [0.15, 0.2) is 5.82 Å². The van der Waals surface area contributed by atoms with E-state index in [1.54, 1.807) is 0 Å². The van der Waals surface area contributed by atoms with Gasteiger partial charge in [-0.2, -0.15) is 5.10 Å². The largest absolute Gasteiger partial charge is 0.371 e. The van der Waals surface area contributed by atoms with Gasteiger partial charge in [-0.1, -0.05) is 36.4 Å². The Morgan fingerprint density at radius 3 is 2.89 bits per heavy atom. The van der Waals surface area contributed by atoms with Gasteiger partial charge in [-0.25, -0.2) is 4.98 Å². The quantitative estimate of drug-likeness (QED) is 0.662. The van der Waals surface area contributed by atoms with Crippen LogP contribution in [0.4, 0.5) is 5.69 Å². The molecule has 2 aromatic carbocycles. The number of H-pyrrole nitrogens is 1. The Morgan fingerprint density at radius 1 is 1.15 bits per heavy atom. The van der Waals surface area contributed by atoms with Gasteiger partial charge in [0.2, 0.25) is 0 Å². The fourth-order valence-electron chi connectivity index (χ4n) is 3.63. The van der Waals surface area contributed by atoms with Gasteiger partial charge in [0.1, 0.15) is 6.33 Å². The number of nitrogens with one attached hydrogen (secondary N) is 2. The van der Waals surface area contributed by atoms with Crippen LogP contribution < -0.4 is 10.2 Å². The van der Waals surface area contributed by atoms with Crippen molar-refractivity contribution < 1.29 is 4.79 Å². The second-order valence-electron chi connectivity index (χ2n) is 6.71. The topological polar surface area (TPSA) is 73.9 Å². The lowest BCUT2D eigenvalue weighted by molar-refractivity contribution is 0.0954. The van der Waals surface area contributed by atoms with Gasteiger partial charge in [-0.05, 0) is 37.0 Å². The second kappa shape index (κ2) is 8.03. The summed E-state index contributed by atoms with van der Waals surface area (Å²) in [6.07, 6.45) is 4.70. The first kappa shape index (κ1) is 17.3. The third-order valence-electron chi connectivity index (χ3n) is 4.94. The first-order valence-corrected chi connectivity index (χ1v) is 9.39. The predicted molar refractivity (Wildman–Crippen MR) is 106 cm³/mol. The Kier molecular flexibility index (Phi) is 5.14. The van der Waals surface area contributed by atoms with Gasteiger partial charge in [-0.15, -0.1) is 0 Å². The monoisotopic (exact) mass is 361 g/mol. The van der Waals surface area contributed by atoms with Gasteiger partial charge >= 0.3 is 0 Å². The Hall–Kier alpha value is -3.15. The molecule has 1 aliphatic rings. The molecule has 1 aromatic heterocycles. The smallest absolute Gasteiger partial charge is 0.252 e. The van der Waals surface area contributed by atoms with Crippen LogP contribution in [0.15, 0.2) is 54.9 Å². The molecule has 1 amide bonds. The van der Waals surface area contributed by atoms with Crippen molar-refractivity contribution in [2.75, 3.05) is 24.5 Å². The lowest BCUT2D eigenvalue weighted by atomic mass is 10.0. The van der Waals surface area contributed by atoms with Crippen molar-refractivity contribution in [2.24, 2.45) is 0 Å². The van der Waals surface area contributed by atoms with Crippen LogP contribution in [-0.4, -0.2) is 40.7 Å². The number of carbonyl (C=O) groups is 1. The number of rotatable bonds is 6. The molecular weight excluding hydrogens is 338 g/mol. The average Bonchev–Trinajstić information content (AvgIpc) is 3.26. The number of aromatic nitrogens is 3. The molecule has 138 valence electrons. The highest BCUT2D eigenvalue weighted by atomic mass is 16.1. The van der Waals surface area contributed by atoms with E-state index in [0.29, 0.717) is 17.9 Å². The SMILES string of the molecule is O=C(NCCCN1CCCc2ccccc21)c1ccccc1-c1ncn[nH]1. The predicted octanol–water partition coefficient (Wildman–Crippen LogP) is 3.04. The molecule has 0 aliphatic carbocycles. The lowest BCUT2D eigenvalue weighted by Gasteiger charge is -2.31. The molecule has 3 aromatic rings. The zero-order chi connectivity index (χ0) is 18.5. The number of carbonyl (C=O) groups excluding carboxylic acids is 1. The molecule has 0 saturated carbocycles. The molecule has 0 bridgehead atoms. The standard InChI is InChI=1S/C21H23N5O/c27-21(18-10-3-2-9-17(18)20-23-15-24-25-20)22-12-6-14-26-13-5-8-16-7-1-4-11-19(16)26/h1-4,7,9-11,15H,5-6,8,12-14H2,(H,22,27)(H,23,24,25). The van der Waals surface area contributed by atoms with E-state index in [2.05, 4.69) is 49.7 Å². The molecule has 27 heavy (non-hydrogen) atoms. The third-order valence-corrected chi connectivity index (χ3v) is 4.94. The molecule has 0 spiro atoms. The highest BCUT2D eigenvalue weighted by Gasteiger charge is 2.16. The number of aryl methyl sites for hydroxylation is 1. The average molecular weight is 361 g/mol. The number of hydrogen-bond donors (Lipinski definition) is 2. The molecule has 1 aliphatic heterocycles. The van der Waals surface area contributed by atoms with E-state index in [-0.39, 0.29) is 5.91 Å². The van der Waals surface area contributed by atoms with Gasteiger partial charge in [0.05, 0.1) is 5.56 Å². The van der Waals surface area contributed by atoms with E-state index in [4.69, 9.17) is 0 Å². The third kappa shape index (κ3) is 3.84. The highest BCUT2D eigenvalue weighted by Crippen LogP contribution is 2.26. The molecule has 0 atom stereocenters. The summed E-state index contributed by atoms with van der Waals surface area (Å²) in [6, 6.07) is 16.0. The molecular formula is C21H23N5O. The van der Waals surface area contributed by atoms with Crippen LogP contribution in [0.5, 0.6) is 0 Å². The van der Waals surface area contributed by atoms with E-state index in [1.165, 1.54) is 24.0 Å². The van der Waals surface area contributed by atoms with Crippen LogP contribution in [0, 0.1) is 0 Å². The van der Waals surface area contributed by atoms with Crippen molar-refractivity contribution in [1.29, 1.82) is 0 Å². The van der Waals surface area contributed by atoms with E-state index in [1.807, 2.05) is 24.3 Å². The molecule has 4 rings (SSSR count). The minimum absolute atomic E-state index is 0.0824. The van der Waals surface area contributed by atoms with Gasteiger partial charge in [-0.3, -0.25) is 9.89 Å². The number of benzene rings is 2. The lowest BCUT2D eigenvalue weighted by Crippen LogP contribution is -2.33. The minimum Gasteiger partial charge on any atom is -0.371 e. The maximum absolute atomic E-state index is 12.6. The number of amides is 1. The van der Waals surface area contributed by atoms with E-state index in [9.17, 15) is 4.79 Å². The van der Waals surface area contributed by atoms with Crippen LogP contribution in [0.2, 0.25) is 0 Å². The van der Waals surface area contributed by atoms with Crippen molar-refractivity contribution in [3.8, 4) is 11.4 Å². The first-order valence-electron chi connectivity index (χ1n) is 9.39. The van der Waals surface area contributed by atoms with E-state index in [0.717, 1.165) is 31.5 Å². The summed E-state index contributed by atoms with van der Waals surface area (Å²) in [5.41, 5.74) is 4.13. The summed E-state index contributed by atoms with van der Waals surface area (Å²) in [6.45, 7) is 2.67. The van der Waals surface area contributed by atoms with Crippen molar-refractivity contribution in [2.45, 2.75) is 19.3 Å². The van der Waals surface area contributed by atoms with E-state index >= 15 is 0 Å². The Balaban J connectivity index is 1.34. The van der Waals surface area contributed by atoms with E-state index < -0.39 is 0 Å². The number of aromatic amines is 1. The first-order chi connectivity index (χ1) is 13.3. The summed E-state index contributed by atoms with van der Waals surface area (Å²) in [4.78, 5) is 19.2. The summed E-state index contributed by atoms with van der Waals surface area (Å²) in [5.74, 6) is 0.520. The maximum Gasteiger partial charge on any atom is 0.252 e. The fourth-order valence-corrected chi connectivity index (χ4v) is 3.63.